The van der Waals surface area contributed by atoms with E-state index in [1.165, 1.54) is 17.7 Å². The topological polar surface area (TPSA) is 66.5 Å². The molecule has 0 fully saturated rings. The number of carbonyl (C=O) groups is 1. The second-order valence-corrected chi connectivity index (χ2v) is 9.81. The van der Waals surface area contributed by atoms with Gasteiger partial charge in [0.25, 0.3) is 0 Å². The molecule has 0 heterocycles. The summed E-state index contributed by atoms with van der Waals surface area (Å²) in [6.45, 7) is 6.23. The molecule has 2 rings (SSSR count). The van der Waals surface area contributed by atoms with Gasteiger partial charge in [-0.2, -0.15) is 0 Å². The summed E-state index contributed by atoms with van der Waals surface area (Å²) in [5.74, 6) is -0.386. The lowest BCUT2D eigenvalue weighted by molar-refractivity contribution is -0.122. The molecule has 30 heavy (non-hydrogen) atoms. The third kappa shape index (κ3) is 5.90. The Hall–Kier alpha value is -1.76. The Morgan fingerprint density at radius 1 is 1.03 bits per heavy atom. The third-order valence-electron chi connectivity index (χ3n) is 4.99. The molecule has 0 aromatic heterocycles. The lowest BCUT2D eigenvalue weighted by Gasteiger charge is -2.31. The van der Waals surface area contributed by atoms with Crippen LogP contribution in [0.4, 0.5) is 5.69 Å². The standard InChI is InChI=1S/C22H28Cl2N2O3S/c1-5-15-8-9-16(6-2)17(12-15)14-25-22(27)20(7-3)26(30(4,28)29)21-13-18(23)10-11-19(21)24/h8-13,20H,5-7,14H2,1-4H3,(H,25,27)/t20-/m1/s1. The van der Waals surface area contributed by atoms with Crippen LogP contribution in [-0.2, 0) is 34.2 Å². The van der Waals surface area contributed by atoms with E-state index >= 15 is 0 Å². The molecule has 1 N–H and O–H groups in total. The quantitative estimate of drug-likeness (QED) is 0.561. The summed E-state index contributed by atoms with van der Waals surface area (Å²) in [6.07, 6.45) is 3.08. The number of carbonyl (C=O) groups excluding carboxylic acids is 1. The predicted molar refractivity (Wildman–Crippen MR) is 125 cm³/mol. The van der Waals surface area contributed by atoms with Crippen LogP contribution in [0.1, 0.15) is 43.9 Å². The summed E-state index contributed by atoms with van der Waals surface area (Å²) >= 11 is 12.3. The van der Waals surface area contributed by atoms with Gasteiger partial charge in [0.05, 0.1) is 17.0 Å². The largest absolute Gasteiger partial charge is 0.350 e. The average molecular weight is 471 g/mol. The van der Waals surface area contributed by atoms with Crippen LogP contribution in [0.25, 0.3) is 0 Å². The van der Waals surface area contributed by atoms with E-state index in [2.05, 4.69) is 37.4 Å². The Labute approximate surface area is 189 Å². The van der Waals surface area contributed by atoms with Crippen molar-refractivity contribution in [3.8, 4) is 0 Å². The minimum Gasteiger partial charge on any atom is -0.350 e. The Kier molecular flexibility index (Phi) is 8.59. The first-order valence-corrected chi connectivity index (χ1v) is 12.6. The van der Waals surface area contributed by atoms with Gasteiger partial charge >= 0.3 is 0 Å². The molecule has 164 valence electrons. The van der Waals surface area contributed by atoms with Crippen molar-refractivity contribution in [2.24, 2.45) is 0 Å². The van der Waals surface area contributed by atoms with Crippen molar-refractivity contribution in [2.75, 3.05) is 10.6 Å². The molecule has 0 radical (unpaired) electrons. The zero-order valence-electron chi connectivity index (χ0n) is 17.7. The number of amides is 1. The number of anilines is 1. The van der Waals surface area contributed by atoms with Crippen molar-refractivity contribution >= 4 is 44.8 Å². The molecule has 1 amide bonds. The normalized spacial score (nSPS) is 12.5. The Morgan fingerprint density at radius 3 is 2.30 bits per heavy atom. The Balaban J connectivity index is 2.34. The maximum Gasteiger partial charge on any atom is 0.244 e. The van der Waals surface area contributed by atoms with Crippen molar-refractivity contribution in [3.05, 3.63) is 63.1 Å². The van der Waals surface area contributed by atoms with E-state index in [0.29, 0.717) is 11.6 Å². The summed E-state index contributed by atoms with van der Waals surface area (Å²) in [7, 11) is -3.79. The van der Waals surface area contributed by atoms with Gasteiger partial charge in [0.1, 0.15) is 6.04 Å². The highest BCUT2D eigenvalue weighted by Gasteiger charge is 2.32. The zero-order chi connectivity index (χ0) is 22.5. The summed E-state index contributed by atoms with van der Waals surface area (Å²) < 4.78 is 26.3. The van der Waals surface area contributed by atoms with Crippen LogP contribution >= 0.6 is 23.2 Å². The number of sulfonamides is 1. The fourth-order valence-corrected chi connectivity index (χ4v) is 5.04. The van der Waals surface area contributed by atoms with Gasteiger partial charge in [-0.1, -0.05) is 62.2 Å². The molecule has 0 saturated heterocycles. The van der Waals surface area contributed by atoms with E-state index in [4.69, 9.17) is 23.2 Å². The number of halogens is 2. The number of nitrogens with zero attached hydrogens (tertiary/aromatic N) is 1. The highest BCUT2D eigenvalue weighted by molar-refractivity contribution is 7.92. The monoisotopic (exact) mass is 470 g/mol. The van der Waals surface area contributed by atoms with Crippen molar-refractivity contribution in [1.82, 2.24) is 5.32 Å². The van der Waals surface area contributed by atoms with Crippen molar-refractivity contribution in [3.63, 3.8) is 0 Å². The second-order valence-electron chi connectivity index (χ2n) is 7.11. The molecule has 5 nitrogen and oxygen atoms in total. The lowest BCUT2D eigenvalue weighted by atomic mass is 10.0. The molecule has 0 spiro atoms. The molecule has 0 unspecified atom stereocenters. The number of aryl methyl sites for hydroxylation is 2. The Morgan fingerprint density at radius 2 is 1.73 bits per heavy atom. The van der Waals surface area contributed by atoms with Crippen LogP contribution < -0.4 is 9.62 Å². The molecule has 0 aliphatic rings. The van der Waals surface area contributed by atoms with Crippen molar-refractivity contribution in [1.29, 1.82) is 0 Å². The maximum absolute atomic E-state index is 13.1. The molecule has 2 aromatic carbocycles. The van der Waals surface area contributed by atoms with Crippen LogP contribution in [0.15, 0.2) is 36.4 Å². The van der Waals surface area contributed by atoms with E-state index in [1.54, 1.807) is 13.0 Å². The van der Waals surface area contributed by atoms with E-state index in [1.807, 2.05) is 0 Å². The molecular formula is C22H28Cl2N2O3S. The minimum absolute atomic E-state index is 0.191. The van der Waals surface area contributed by atoms with E-state index in [9.17, 15) is 13.2 Å². The molecule has 1 atom stereocenters. The summed E-state index contributed by atoms with van der Waals surface area (Å²) in [5, 5.41) is 3.46. The van der Waals surface area contributed by atoms with Crippen LogP contribution in [-0.4, -0.2) is 26.6 Å². The second kappa shape index (κ2) is 10.5. The first-order chi connectivity index (χ1) is 14.1. The first kappa shape index (κ1) is 24.5. The van der Waals surface area contributed by atoms with Gasteiger partial charge in [-0.25, -0.2) is 8.42 Å². The van der Waals surface area contributed by atoms with E-state index in [0.717, 1.165) is 34.5 Å². The highest BCUT2D eigenvalue weighted by atomic mass is 35.5. The fraction of sp³-hybridized carbons (Fsp3) is 0.409. The van der Waals surface area contributed by atoms with Crippen LogP contribution in [0.3, 0.4) is 0 Å². The van der Waals surface area contributed by atoms with Gasteiger partial charge in [0.15, 0.2) is 0 Å². The van der Waals surface area contributed by atoms with Crippen molar-refractivity contribution in [2.45, 2.75) is 52.6 Å². The average Bonchev–Trinajstić information content (AvgIpc) is 2.70. The lowest BCUT2D eigenvalue weighted by Crippen LogP contribution is -2.49. The van der Waals surface area contributed by atoms with Gasteiger partial charge in [-0.05, 0) is 54.2 Å². The van der Waals surface area contributed by atoms with Gasteiger partial charge in [0.2, 0.25) is 15.9 Å². The van der Waals surface area contributed by atoms with Gasteiger partial charge in [-0.3, -0.25) is 9.10 Å². The number of hydrogen-bond donors (Lipinski definition) is 1. The van der Waals surface area contributed by atoms with Gasteiger partial charge in [0, 0.05) is 11.6 Å². The molecular weight excluding hydrogens is 443 g/mol. The molecule has 0 saturated carbocycles. The summed E-state index contributed by atoms with van der Waals surface area (Å²) in [6, 6.07) is 9.85. The van der Waals surface area contributed by atoms with Crippen LogP contribution in [0, 0.1) is 0 Å². The SMILES string of the molecule is CCc1ccc(CC)c(CNC(=O)[C@@H](CC)N(c2cc(Cl)ccc2Cl)S(C)(=O)=O)c1. The van der Waals surface area contributed by atoms with Gasteiger partial charge in [-0.15, -0.1) is 0 Å². The van der Waals surface area contributed by atoms with E-state index in [-0.39, 0.29) is 23.0 Å². The van der Waals surface area contributed by atoms with Gasteiger partial charge < -0.3 is 5.32 Å². The Bertz CT molecular complexity index is 1010. The third-order valence-corrected chi connectivity index (χ3v) is 6.71. The fourth-order valence-electron chi connectivity index (χ4n) is 3.40. The number of nitrogens with one attached hydrogen (secondary N) is 1. The highest BCUT2D eigenvalue weighted by Crippen LogP contribution is 2.33. The number of hydrogen-bond acceptors (Lipinski definition) is 3. The first-order valence-electron chi connectivity index (χ1n) is 9.95. The minimum atomic E-state index is -3.79. The van der Waals surface area contributed by atoms with Crippen LogP contribution in [0.5, 0.6) is 0 Å². The molecule has 0 aliphatic carbocycles. The summed E-state index contributed by atoms with van der Waals surface area (Å²) in [4.78, 5) is 13.1. The zero-order valence-corrected chi connectivity index (χ0v) is 20.0. The maximum atomic E-state index is 13.1. The van der Waals surface area contributed by atoms with E-state index < -0.39 is 16.1 Å². The molecule has 0 aliphatic heterocycles. The molecule has 0 bridgehead atoms. The number of rotatable bonds is 9. The molecule has 8 heteroatoms. The van der Waals surface area contributed by atoms with Crippen LogP contribution in [0.2, 0.25) is 10.0 Å². The molecule has 2 aromatic rings. The predicted octanol–water partition coefficient (Wildman–Crippen LogP) is 4.98. The van der Waals surface area contributed by atoms with Crippen molar-refractivity contribution < 1.29 is 13.2 Å². The summed E-state index contributed by atoms with van der Waals surface area (Å²) in [5.41, 5.74) is 3.56. The smallest absolute Gasteiger partial charge is 0.244 e. The number of benzene rings is 2.